The van der Waals surface area contributed by atoms with E-state index in [1.54, 1.807) is 13.8 Å². The number of hydrogen-bond donors (Lipinski definition) is 2. The van der Waals surface area contributed by atoms with E-state index in [9.17, 15) is 4.79 Å². The average Bonchev–Trinajstić information content (AvgIpc) is 1.84. The molecular formula is C7H12O3. The quantitative estimate of drug-likeness (QED) is 0.456. The SMILES string of the molecule is C/C(C(=O)O)=C(\O)C(C)C. The van der Waals surface area contributed by atoms with Gasteiger partial charge in [0.1, 0.15) is 5.76 Å². The third kappa shape index (κ3) is 2.09. The monoisotopic (exact) mass is 144 g/mol. The van der Waals surface area contributed by atoms with Crippen molar-refractivity contribution in [2.45, 2.75) is 20.8 Å². The van der Waals surface area contributed by atoms with E-state index in [0.29, 0.717) is 0 Å². The number of allylic oxidation sites excluding steroid dienone is 1. The van der Waals surface area contributed by atoms with E-state index in [0.717, 1.165) is 0 Å². The van der Waals surface area contributed by atoms with Crippen LogP contribution in [0.4, 0.5) is 0 Å². The van der Waals surface area contributed by atoms with Crippen molar-refractivity contribution in [1.82, 2.24) is 0 Å². The number of aliphatic hydroxyl groups is 1. The molecule has 0 radical (unpaired) electrons. The standard InChI is InChI=1S/C7H12O3/c1-4(2)6(8)5(3)7(9)10/h4,8H,1-3H3,(H,9,10)/b6-5+. The molecule has 58 valence electrons. The van der Waals surface area contributed by atoms with Crippen LogP contribution in [0.3, 0.4) is 0 Å². The molecule has 3 heteroatoms. The van der Waals surface area contributed by atoms with Gasteiger partial charge in [0.05, 0.1) is 5.57 Å². The molecule has 10 heavy (non-hydrogen) atoms. The molecule has 2 N–H and O–H groups in total. The zero-order chi connectivity index (χ0) is 8.31. The van der Waals surface area contributed by atoms with Crippen LogP contribution in [-0.2, 0) is 4.79 Å². The van der Waals surface area contributed by atoms with E-state index in [2.05, 4.69) is 0 Å². The third-order valence-corrected chi connectivity index (χ3v) is 1.25. The summed E-state index contributed by atoms with van der Waals surface area (Å²) < 4.78 is 0. The van der Waals surface area contributed by atoms with Crippen LogP contribution >= 0.6 is 0 Å². The first-order chi connectivity index (χ1) is 4.46. The first kappa shape index (κ1) is 9.01. The predicted octanol–water partition coefficient (Wildman–Crippen LogP) is 1.56. The van der Waals surface area contributed by atoms with Crippen LogP contribution in [0.1, 0.15) is 20.8 Å². The van der Waals surface area contributed by atoms with Gasteiger partial charge in [0.2, 0.25) is 0 Å². The molecule has 3 nitrogen and oxygen atoms in total. The number of carboxylic acids is 1. The van der Waals surface area contributed by atoms with Crippen molar-refractivity contribution in [1.29, 1.82) is 0 Å². The summed E-state index contributed by atoms with van der Waals surface area (Å²) in [6, 6.07) is 0. The molecule has 0 aromatic rings. The molecule has 0 atom stereocenters. The highest BCUT2D eigenvalue weighted by atomic mass is 16.4. The highest BCUT2D eigenvalue weighted by Crippen LogP contribution is 2.10. The zero-order valence-corrected chi connectivity index (χ0v) is 6.38. The Morgan fingerprint density at radius 2 is 1.70 bits per heavy atom. The normalized spacial score (nSPS) is 13.2. The fraction of sp³-hybridized carbons (Fsp3) is 0.571. The van der Waals surface area contributed by atoms with Crippen molar-refractivity contribution in [3.05, 3.63) is 11.3 Å². The topological polar surface area (TPSA) is 57.5 Å². The van der Waals surface area contributed by atoms with Gasteiger partial charge >= 0.3 is 5.97 Å². The second-order valence-corrected chi connectivity index (χ2v) is 2.47. The molecular weight excluding hydrogens is 132 g/mol. The Hall–Kier alpha value is -0.990. The lowest BCUT2D eigenvalue weighted by Crippen LogP contribution is -2.04. The summed E-state index contributed by atoms with van der Waals surface area (Å²) in [5.41, 5.74) is 0.0231. The van der Waals surface area contributed by atoms with E-state index >= 15 is 0 Å². The van der Waals surface area contributed by atoms with Crippen LogP contribution in [0, 0.1) is 5.92 Å². The van der Waals surface area contributed by atoms with Crippen molar-refractivity contribution in [3.63, 3.8) is 0 Å². The first-order valence-electron chi connectivity index (χ1n) is 3.09. The van der Waals surface area contributed by atoms with E-state index < -0.39 is 5.97 Å². The Bertz CT molecular complexity index is 168. The summed E-state index contributed by atoms with van der Waals surface area (Å²) in [4.78, 5) is 10.2. The minimum Gasteiger partial charge on any atom is -0.511 e. The molecule has 0 saturated heterocycles. The average molecular weight is 144 g/mol. The maximum atomic E-state index is 10.2. The largest absolute Gasteiger partial charge is 0.511 e. The number of carbonyl (C=O) groups is 1. The molecule has 0 spiro atoms. The molecule has 0 aliphatic rings. The van der Waals surface area contributed by atoms with Gasteiger partial charge in [-0.3, -0.25) is 0 Å². The van der Waals surface area contributed by atoms with Gasteiger partial charge in [-0.2, -0.15) is 0 Å². The fourth-order valence-electron chi connectivity index (χ4n) is 0.543. The number of carboxylic acid groups (broad SMARTS) is 1. The summed E-state index contributed by atoms with van der Waals surface area (Å²) in [6.07, 6.45) is 0. The smallest absolute Gasteiger partial charge is 0.334 e. The third-order valence-electron chi connectivity index (χ3n) is 1.25. The number of rotatable bonds is 2. The van der Waals surface area contributed by atoms with Gasteiger partial charge in [0.15, 0.2) is 0 Å². The fourth-order valence-corrected chi connectivity index (χ4v) is 0.543. The van der Waals surface area contributed by atoms with Gasteiger partial charge in [-0.25, -0.2) is 4.79 Å². The molecule has 0 saturated carbocycles. The Kier molecular flexibility index (Phi) is 2.93. The predicted molar refractivity (Wildman–Crippen MR) is 37.8 cm³/mol. The summed E-state index contributed by atoms with van der Waals surface area (Å²) in [5.74, 6) is -1.23. The molecule has 0 rings (SSSR count). The van der Waals surface area contributed by atoms with Crippen LogP contribution in [0.2, 0.25) is 0 Å². The van der Waals surface area contributed by atoms with Crippen LogP contribution in [0.25, 0.3) is 0 Å². The second-order valence-electron chi connectivity index (χ2n) is 2.47. The minimum atomic E-state index is -1.06. The molecule has 0 amide bonds. The highest BCUT2D eigenvalue weighted by molar-refractivity contribution is 5.86. The van der Waals surface area contributed by atoms with Gasteiger partial charge in [-0.1, -0.05) is 13.8 Å². The summed E-state index contributed by atoms with van der Waals surface area (Å²) in [7, 11) is 0. The van der Waals surface area contributed by atoms with Crippen LogP contribution in [0.5, 0.6) is 0 Å². The van der Waals surface area contributed by atoms with Crippen molar-refractivity contribution in [2.24, 2.45) is 5.92 Å². The van der Waals surface area contributed by atoms with Gasteiger partial charge in [0, 0.05) is 5.92 Å². The Morgan fingerprint density at radius 1 is 1.30 bits per heavy atom. The van der Waals surface area contributed by atoms with Crippen molar-refractivity contribution >= 4 is 5.97 Å². The maximum Gasteiger partial charge on any atom is 0.334 e. The van der Waals surface area contributed by atoms with Crippen LogP contribution in [-0.4, -0.2) is 16.2 Å². The molecule has 0 unspecified atom stereocenters. The Labute approximate surface area is 60.0 Å². The number of aliphatic hydroxyl groups excluding tert-OH is 1. The van der Waals surface area contributed by atoms with Crippen molar-refractivity contribution in [3.8, 4) is 0 Å². The van der Waals surface area contributed by atoms with E-state index in [4.69, 9.17) is 10.2 Å². The second kappa shape index (κ2) is 3.25. The first-order valence-corrected chi connectivity index (χ1v) is 3.09. The highest BCUT2D eigenvalue weighted by Gasteiger charge is 2.10. The summed E-state index contributed by atoms with van der Waals surface area (Å²) >= 11 is 0. The zero-order valence-electron chi connectivity index (χ0n) is 6.38. The van der Waals surface area contributed by atoms with Gasteiger partial charge in [-0.05, 0) is 6.92 Å². The van der Waals surface area contributed by atoms with Crippen molar-refractivity contribution < 1.29 is 15.0 Å². The molecule has 0 aromatic carbocycles. The van der Waals surface area contributed by atoms with E-state index in [1.807, 2.05) is 0 Å². The Morgan fingerprint density at radius 3 is 1.80 bits per heavy atom. The number of aliphatic carboxylic acids is 1. The molecule has 0 heterocycles. The van der Waals surface area contributed by atoms with Gasteiger partial charge in [-0.15, -0.1) is 0 Å². The van der Waals surface area contributed by atoms with Crippen LogP contribution < -0.4 is 0 Å². The van der Waals surface area contributed by atoms with E-state index in [-0.39, 0.29) is 17.3 Å². The van der Waals surface area contributed by atoms with Crippen LogP contribution in [0.15, 0.2) is 11.3 Å². The molecule has 0 bridgehead atoms. The lowest BCUT2D eigenvalue weighted by Gasteiger charge is -2.04. The minimum absolute atomic E-state index is 0.0231. The molecule has 0 aliphatic carbocycles. The lowest BCUT2D eigenvalue weighted by atomic mass is 10.1. The molecule has 0 aromatic heterocycles. The van der Waals surface area contributed by atoms with Gasteiger partial charge < -0.3 is 10.2 Å². The number of hydrogen-bond acceptors (Lipinski definition) is 2. The summed E-state index contributed by atoms with van der Waals surface area (Å²) in [5, 5.41) is 17.4. The van der Waals surface area contributed by atoms with Crippen molar-refractivity contribution in [2.75, 3.05) is 0 Å². The maximum absolute atomic E-state index is 10.2. The molecule has 0 fully saturated rings. The summed E-state index contributed by atoms with van der Waals surface area (Å²) in [6.45, 7) is 4.86. The van der Waals surface area contributed by atoms with Gasteiger partial charge in [0.25, 0.3) is 0 Å². The Balaban J connectivity index is 4.50. The lowest BCUT2D eigenvalue weighted by molar-refractivity contribution is -0.132. The molecule has 0 aliphatic heterocycles. The van der Waals surface area contributed by atoms with E-state index in [1.165, 1.54) is 6.92 Å².